The fourth-order valence-corrected chi connectivity index (χ4v) is 2.32. The maximum Gasteiger partial charge on any atom is 0.195 e. The van der Waals surface area contributed by atoms with Crippen molar-refractivity contribution in [3.8, 4) is 0 Å². The molecular weight excluding hydrogens is 256 g/mol. The quantitative estimate of drug-likeness (QED) is 0.832. The molecule has 6 nitrogen and oxygen atoms in total. The molecule has 0 fully saturated rings. The van der Waals surface area contributed by atoms with Gasteiger partial charge in [0.05, 0.1) is 6.42 Å². The standard InChI is InChI=1S/C9H14N6S2/c1-3-14-6(10-12-8(14)16)5-7-11-13-9(17)15(7)4-2/h3-5H2,1-2H3,(H,12,16)(H,13,17). The molecule has 0 atom stereocenters. The van der Waals surface area contributed by atoms with Crippen LogP contribution in [0.15, 0.2) is 0 Å². The van der Waals surface area contributed by atoms with E-state index in [4.69, 9.17) is 24.4 Å². The third-order valence-electron chi connectivity index (χ3n) is 2.62. The summed E-state index contributed by atoms with van der Waals surface area (Å²) in [5.74, 6) is 1.75. The number of hydrogen-bond acceptors (Lipinski definition) is 4. The number of H-pyrrole nitrogens is 2. The summed E-state index contributed by atoms with van der Waals surface area (Å²) < 4.78 is 5.18. The van der Waals surface area contributed by atoms with Gasteiger partial charge in [0.25, 0.3) is 0 Å². The van der Waals surface area contributed by atoms with E-state index in [2.05, 4.69) is 20.4 Å². The summed E-state index contributed by atoms with van der Waals surface area (Å²) in [6.45, 7) is 5.65. The van der Waals surface area contributed by atoms with Crippen molar-refractivity contribution in [2.45, 2.75) is 33.4 Å². The summed E-state index contributed by atoms with van der Waals surface area (Å²) in [7, 11) is 0. The lowest BCUT2D eigenvalue weighted by Crippen LogP contribution is -2.08. The molecule has 0 bridgehead atoms. The van der Waals surface area contributed by atoms with Crippen molar-refractivity contribution in [3.63, 3.8) is 0 Å². The minimum atomic E-state index is 0.613. The lowest BCUT2D eigenvalue weighted by Gasteiger charge is -2.04. The fraction of sp³-hybridized carbons (Fsp3) is 0.556. The number of rotatable bonds is 4. The van der Waals surface area contributed by atoms with E-state index < -0.39 is 0 Å². The van der Waals surface area contributed by atoms with Gasteiger partial charge in [0.2, 0.25) is 0 Å². The molecule has 17 heavy (non-hydrogen) atoms. The molecule has 2 aromatic heterocycles. The van der Waals surface area contributed by atoms with Gasteiger partial charge in [0.15, 0.2) is 9.54 Å². The Morgan fingerprint density at radius 2 is 1.35 bits per heavy atom. The van der Waals surface area contributed by atoms with Crippen molar-refractivity contribution in [1.82, 2.24) is 29.5 Å². The van der Waals surface area contributed by atoms with E-state index in [-0.39, 0.29) is 0 Å². The normalized spacial score (nSPS) is 10.9. The maximum absolute atomic E-state index is 5.14. The first-order valence-electron chi connectivity index (χ1n) is 5.45. The highest BCUT2D eigenvalue weighted by Crippen LogP contribution is 2.06. The van der Waals surface area contributed by atoms with Gasteiger partial charge < -0.3 is 9.13 Å². The molecule has 0 aromatic carbocycles. The van der Waals surface area contributed by atoms with Crippen molar-refractivity contribution in [3.05, 3.63) is 21.2 Å². The van der Waals surface area contributed by atoms with E-state index in [1.165, 1.54) is 0 Å². The van der Waals surface area contributed by atoms with Crippen LogP contribution in [0.5, 0.6) is 0 Å². The molecule has 2 heterocycles. The van der Waals surface area contributed by atoms with Gasteiger partial charge in [-0.25, -0.2) is 0 Å². The highest BCUT2D eigenvalue weighted by atomic mass is 32.1. The molecule has 2 N–H and O–H groups in total. The van der Waals surface area contributed by atoms with Gasteiger partial charge in [-0.3, -0.25) is 10.2 Å². The van der Waals surface area contributed by atoms with Gasteiger partial charge in [0.1, 0.15) is 11.6 Å². The summed E-state index contributed by atoms with van der Waals surface area (Å²) in [5, 5.41) is 14.0. The molecule has 8 heteroatoms. The lowest BCUT2D eigenvalue weighted by atomic mass is 10.3. The summed E-state index contributed by atoms with van der Waals surface area (Å²) in [4.78, 5) is 0. The van der Waals surface area contributed by atoms with Crippen LogP contribution in [0.25, 0.3) is 0 Å². The van der Waals surface area contributed by atoms with E-state index in [0.717, 1.165) is 24.7 Å². The molecule has 2 aromatic rings. The molecular formula is C9H14N6S2. The van der Waals surface area contributed by atoms with E-state index in [1.807, 2.05) is 23.0 Å². The molecule has 0 radical (unpaired) electrons. The van der Waals surface area contributed by atoms with Gasteiger partial charge in [-0.05, 0) is 38.3 Å². The van der Waals surface area contributed by atoms with Crippen LogP contribution in [-0.2, 0) is 19.5 Å². The molecule has 0 saturated carbocycles. The van der Waals surface area contributed by atoms with E-state index >= 15 is 0 Å². The highest BCUT2D eigenvalue weighted by molar-refractivity contribution is 7.71. The third-order valence-corrected chi connectivity index (χ3v) is 3.25. The number of nitrogens with zero attached hydrogens (tertiary/aromatic N) is 4. The minimum absolute atomic E-state index is 0.613. The fourth-order valence-electron chi connectivity index (χ4n) is 1.76. The Morgan fingerprint density at radius 1 is 0.941 bits per heavy atom. The van der Waals surface area contributed by atoms with Crippen molar-refractivity contribution < 1.29 is 0 Å². The van der Waals surface area contributed by atoms with Crippen LogP contribution in [0.3, 0.4) is 0 Å². The number of aromatic nitrogens is 6. The predicted octanol–water partition coefficient (Wildman–Crippen LogP) is 1.83. The molecule has 0 aliphatic rings. The van der Waals surface area contributed by atoms with Gasteiger partial charge in [-0.2, -0.15) is 10.2 Å². The van der Waals surface area contributed by atoms with Crippen LogP contribution in [0.1, 0.15) is 25.5 Å². The second-order valence-electron chi connectivity index (χ2n) is 3.56. The third kappa shape index (κ3) is 2.22. The predicted molar refractivity (Wildman–Crippen MR) is 69.0 cm³/mol. The second kappa shape index (κ2) is 4.92. The van der Waals surface area contributed by atoms with Crippen LogP contribution < -0.4 is 0 Å². The van der Waals surface area contributed by atoms with E-state index in [1.54, 1.807) is 0 Å². The smallest absolute Gasteiger partial charge is 0.195 e. The number of hydrogen-bond donors (Lipinski definition) is 2. The Kier molecular flexibility index (Phi) is 3.53. The van der Waals surface area contributed by atoms with Crippen LogP contribution in [0.4, 0.5) is 0 Å². The zero-order valence-corrected chi connectivity index (χ0v) is 11.4. The van der Waals surface area contributed by atoms with Crippen molar-refractivity contribution in [2.75, 3.05) is 0 Å². The Hall–Kier alpha value is -1.28. The zero-order valence-electron chi connectivity index (χ0n) is 9.73. The zero-order chi connectivity index (χ0) is 12.4. The molecule has 92 valence electrons. The van der Waals surface area contributed by atoms with E-state index in [0.29, 0.717) is 16.0 Å². The summed E-state index contributed by atoms with van der Waals surface area (Å²) in [6.07, 6.45) is 0.613. The van der Waals surface area contributed by atoms with Gasteiger partial charge >= 0.3 is 0 Å². The molecule has 0 aliphatic heterocycles. The Morgan fingerprint density at radius 3 is 1.71 bits per heavy atom. The monoisotopic (exact) mass is 270 g/mol. The van der Waals surface area contributed by atoms with E-state index in [9.17, 15) is 0 Å². The average molecular weight is 270 g/mol. The minimum Gasteiger partial charge on any atom is -0.304 e. The number of nitrogens with one attached hydrogen (secondary N) is 2. The lowest BCUT2D eigenvalue weighted by molar-refractivity contribution is 0.659. The summed E-state index contributed by atoms with van der Waals surface area (Å²) in [6, 6.07) is 0. The maximum atomic E-state index is 5.14. The highest BCUT2D eigenvalue weighted by Gasteiger charge is 2.10. The first-order valence-corrected chi connectivity index (χ1v) is 6.27. The largest absolute Gasteiger partial charge is 0.304 e. The molecule has 0 aliphatic carbocycles. The van der Waals surface area contributed by atoms with Crippen molar-refractivity contribution in [2.24, 2.45) is 0 Å². The number of aromatic amines is 2. The topological polar surface area (TPSA) is 67.2 Å². The van der Waals surface area contributed by atoms with Gasteiger partial charge in [-0.1, -0.05) is 0 Å². The SMILES string of the molecule is CCn1c(Cc2n[nH]c(=S)n2CC)n[nH]c1=S. The average Bonchev–Trinajstić information content (AvgIpc) is 2.83. The van der Waals surface area contributed by atoms with Crippen LogP contribution >= 0.6 is 24.4 Å². The van der Waals surface area contributed by atoms with Crippen LogP contribution in [-0.4, -0.2) is 29.5 Å². The Labute approximate surface area is 109 Å². The first kappa shape index (κ1) is 12.2. The molecule has 0 saturated heterocycles. The molecule has 2 rings (SSSR count). The first-order chi connectivity index (χ1) is 8.17. The molecule has 0 amide bonds. The Bertz CT molecular complexity index is 562. The molecule has 0 unspecified atom stereocenters. The van der Waals surface area contributed by atoms with Crippen LogP contribution in [0, 0.1) is 9.54 Å². The van der Waals surface area contributed by atoms with Gasteiger partial charge in [-0.15, -0.1) is 0 Å². The summed E-state index contributed by atoms with van der Waals surface area (Å²) in [5.41, 5.74) is 0. The molecule has 0 spiro atoms. The summed E-state index contributed by atoms with van der Waals surface area (Å²) >= 11 is 10.3. The Balaban J connectivity index is 2.37. The van der Waals surface area contributed by atoms with Crippen molar-refractivity contribution >= 4 is 24.4 Å². The van der Waals surface area contributed by atoms with Gasteiger partial charge in [0, 0.05) is 13.1 Å². The second-order valence-corrected chi connectivity index (χ2v) is 4.33. The van der Waals surface area contributed by atoms with Crippen molar-refractivity contribution in [1.29, 1.82) is 0 Å². The van der Waals surface area contributed by atoms with Crippen LogP contribution in [0.2, 0.25) is 0 Å².